The van der Waals surface area contributed by atoms with Crippen LogP contribution in [0.2, 0.25) is 0 Å². The summed E-state index contributed by atoms with van der Waals surface area (Å²) >= 11 is 1.54. The number of thiazole rings is 1. The molecule has 1 atom stereocenters. The van der Waals surface area contributed by atoms with Gasteiger partial charge in [-0.05, 0) is 56.0 Å². The van der Waals surface area contributed by atoms with Crippen LogP contribution in [0, 0.1) is 13.8 Å². The first-order chi connectivity index (χ1) is 14.5. The summed E-state index contributed by atoms with van der Waals surface area (Å²) in [6, 6.07) is 9.41. The number of amides is 1. The van der Waals surface area contributed by atoms with E-state index in [0.717, 1.165) is 40.8 Å². The summed E-state index contributed by atoms with van der Waals surface area (Å²) in [6.45, 7) is 5.30. The summed E-state index contributed by atoms with van der Waals surface area (Å²) in [6.07, 6.45) is 1.94. The van der Waals surface area contributed by atoms with Gasteiger partial charge in [0.1, 0.15) is 11.5 Å². The molecule has 1 saturated heterocycles. The molecule has 0 bridgehead atoms. The van der Waals surface area contributed by atoms with Crippen LogP contribution >= 0.6 is 11.3 Å². The van der Waals surface area contributed by atoms with Gasteiger partial charge in [0.2, 0.25) is 0 Å². The van der Waals surface area contributed by atoms with E-state index in [1.165, 1.54) is 0 Å². The Kier molecular flexibility index (Phi) is 5.92. The van der Waals surface area contributed by atoms with E-state index in [9.17, 15) is 4.79 Å². The molecule has 1 amide bonds. The number of carbonyl (C=O) groups excluding carboxylic acids is 1. The monoisotopic (exact) mass is 426 g/mol. The molecule has 30 heavy (non-hydrogen) atoms. The van der Waals surface area contributed by atoms with Crippen molar-refractivity contribution in [2.45, 2.75) is 32.8 Å². The van der Waals surface area contributed by atoms with Gasteiger partial charge >= 0.3 is 0 Å². The number of methoxy groups -OCH3 is 2. The number of anilines is 1. The number of benzene rings is 2. The number of fused-ring (bicyclic) bond motifs is 1. The number of aryl methyl sites for hydroxylation is 2. The summed E-state index contributed by atoms with van der Waals surface area (Å²) in [4.78, 5) is 20.3. The molecular weight excluding hydrogens is 400 g/mol. The lowest BCUT2D eigenvalue weighted by atomic mass is 10.1. The first kappa shape index (κ1) is 20.6. The molecule has 7 heteroatoms. The van der Waals surface area contributed by atoms with Gasteiger partial charge in [-0.25, -0.2) is 4.98 Å². The highest BCUT2D eigenvalue weighted by atomic mass is 32.1. The van der Waals surface area contributed by atoms with Gasteiger partial charge in [0.25, 0.3) is 5.91 Å². The summed E-state index contributed by atoms with van der Waals surface area (Å²) < 4.78 is 17.8. The first-order valence-corrected chi connectivity index (χ1v) is 10.9. The molecule has 1 unspecified atom stereocenters. The van der Waals surface area contributed by atoms with Gasteiger partial charge in [0, 0.05) is 6.61 Å². The topological polar surface area (TPSA) is 60.9 Å². The summed E-state index contributed by atoms with van der Waals surface area (Å²) in [5.41, 5.74) is 3.64. The third-order valence-corrected chi connectivity index (χ3v) is 6.67. The number of carbonyl (C=O) groups is 1. The molecule has 158 valence electrons. The minimum atomic E-state index is -0.171. The number of rotatable bonds is 6. The van der Waals surface area contributed by atoms with Crippen LogP contribution in [0.1, 0.15) is 34.3 Å². The zero-order valence-corrected chi connectivity index (χ0v) is 18.5. The third-order valence-electron chi connectivity index (χ3n) is 5.45. The molecule has 4 rings (SSSR count). The molecule has 2 aromatic carbocycles. The molecule has 0 aliphatic carbocycles. The average molecular weight is 427 g/mol. The van der Waals surface area contributed by atoms with Crippen molar-refractivity contribution in [3.05, 3.63) is 47.0 Å². The molecule has 1 aliphatic heterocycles. The Hall–Kier alpha value is -2.64. The van der Waals surface area contributed by atoms with Crippen molar-refractivity contribution in [3.8, 4) is 11.5 Å². The fraction of sp³-hybridized carbons (Fsp3) is 0.391. The lowest BCUT2D eigenvalue weighted by Gasteiger charge is -2.24. The van der Waals surface area contributed by atoms with E-state index in [1.807, 2.05) is 6.92 Å². The van der Waals surface area contributed by atoms with Gasteiger partial charge in [-0.3, -0.25) is 9.69 Å². The van der Waals surface area contributed by atoms with Gasteiger partial charge in [-0.1, -0.05) is 23.5 Å². The minimum Gasteiger partial charge on any atom is -0.497 e. The molecule has 0 spiro atoms. The van der Waals surface area contributed by atoms with Crippen molar-refractivity contribution in [1.29, 1.82) is 0 Å². The lowest BCUT2D eigenvalue weighted by Crippen LogP contribution is -2.37. The molecule has 0 saturated carbocycles. The maximum absolute atomic E-state index is 13.7. The van der Waals surface area contributed by atoms with Gasteiger partial charge in [-0.2, -0.15) is 0 Å². The Morgan fingerprint density at radius 2 is 2.00 bits per heavy atom. The van der Waals surface area contributed by atoms with Crippen molar-refractivity contribution in [3.63, 3.8) is 0 Å². The molecule has 0 radical (unpaired) electrons. The Bertz CT molecular complexity index is 1030. The zero-order valence-electron chi connectivity index (χ0n) is 17.7. The van der Waals surface area contributed by atoms with Gasteiger partial charge in [0.15, 0.2) is 5.13 Å². The van der Waals surface area contributed by atoms with E-state index >= 15 is 0 Å². The molecule has 2 heterocycles. The fourth-order valence-electron chi connectivity index (χ4n) is 3.73. The molecule has 6 nitrogen and oxygen atoms in total. The zero-order chi connectivity index (χ0) is 21.3. The normalized spacial score (nSPS) is 16.1. The van der Waals surface area contributed by atoms with Crippen molar-refractivity contribution in [2.75, 3.05) is 32.3 Å². The highest BCUT2D eigenvalue weighted by molar-refractivity contribution is 7.22. The smallest absolute Gasteiger partial charge is 0.264 e. The predicted octanol–water partition coefficient (Wildman–Crippen LogP) is 4.76. The van der Waals surface area contributed by atoms with E-state index in [-0.39, 0.29) is 12.0 Å². The summed E-state index contributed by atoms with van der Waals surface area (Å²) in [5, 5.41) is 0.674. The molecule has 0 N–H and O–H groups in total. The number of nitrogens with zero attached hydrogens (tertiary/aromatic N) is 2. The van der Waals surface area contributed by atoms with Gasteiger partial charge in [0.05, 0.1) is 42.6 Å². The van der Waals surface area contributed by atoms with E-state index in [0.29, 0.717) is 28.7 Å². The quantitative estimate of drug-likeness (QED) is 0.569. The molecule has 1 aromatic heterocycles. The van der Waals surface area contributed by atoms with Crippen LogP contribution < -0.4 is 14.4 Å². The number of hydrogen-bond donors (Lipinski definition) is 0. The maximum Gasteiger partial charge on any atom is 0.264 e. The van der Waals surface area contributed by atoms with Crippen molar-refractivity contribution >= 4 is 32.6 Å². The predicted molar refractivity (Wildman–Crippen MR) is 119 cm³/mol. The van der Waals surface area contributed by atoms with Gasteiger partial charge < -0.3 is 14.2 Å². The maximum atomic E-state index is 13.7. The number of aromatic nitrogens is 1. The molecule has 1 fully saturated rings. The van der Waals surface area contributed by atoms with Crippen LogP contribution in [-0.2, 0) is 4.74 Å². The van der Waals surface area contributed by atoms with Crippen LogP contribution in [0.15, 0.2) is 30.3 Å². The second-order valence-corrected chi connectivity index (χ2v) is 8.47. The lowest BCUT2D eigenvalue weighted by molar-refractivity contribution is 0.0914. The Morgan fingerprint density at radius 3 is 2.67 bits per heavy atom. The second kappa shape index (κ2) is 8.62. The van der Waals surface area contributed by atoms with E-state index in [2.05, 4.69) is 19.1 Å². The van der Waals surface area contributed by atoms with E-state index in [1.54, 1.807) is 48.7 Å². The second-order valence-electron chi connectivity index (χ2n) is 7.49. The van der Waals surface area contributed by atoms with Crippen molar-refractivity contribution < 1.29 is 19.0 Å². The Morgan fingerprint density at radius 1 is 1.20 bits per heavy atom. The highest BCUT2D eigenvalue weighted by Crippen LogP contribution is 2.35. The van der Waals surface area contributed by atoms with Crippen LogP contribution in [0.4, 0.5) is 5.13 Å². The standard InChI is InChI=1S/C23H26N2O4S/c1-14-7-8-15(2)21-20(14)24-23(30-21)25(13-17-6-5-11-29-17)22(26)18-12-16(27-3)9-10-19(18)28-4/h7-10,12,17H,5-6,11,13H2,1-4H3. The highest BCUT2D eigenvalue weighted by Gasteiger charge is 2.29. The fourth-order valence-corrected chi connectivity index (χ4v) is 4.85. The molecule has 3 aromatic rings. The average Bonchev–Trinajstić information content (AvgIpc) is 3.44. The van der Waals surface area contributed by atoms with Crippen LogP contribution in [0.25, 0.3) is 10.2 Å². The van der Waals surface area contributed by atoms with Crippen LogP contribution in [0.5, 0.6) is 11.5 Å². The summed E-state index contributed by atoms with van der Waals surface area (Å²) in [7, 11) is 3.15. The van der Waals surface area contributed by atoms with Crippen LogP contribution in [-0.4, -0.2) is 44.4 Å². The van der Waals surface area contributed by atoms with Gasteiger partial charge in [-0.15, -0.1) is 0 Å². The first-order valence-electron chi connectivity index (χ1n) is 10.0. The van der Waals surface area contributed by atoms with E-state index < -0.39 is 0 Å². The number of ether oxygens (including phenoxy) is 3. The Balaban J connectivity index is 1.80. The largest absolute Gasteiger partial charge is 0.497 e. The minimum absolute atomic E-state index is 0.000223. The van der Waals surface area contributed by atoms with E-state index in [4.69, 9.17) is 19.2 Å². The summed E-state index contributed by atoms with van der Waals surface area (Å²) in [5.74, 6) is 0.939. The number of hydrogen-bond acceptors (Lipinski definition) is 6. The van der Waals surface area contributed by atoms with Crippen LogP contribution in [0.3, 0.4) is 0 Å². The molecular formula is C23H26N2O4S. The third kappa shape index (κ3) is 3.87. The van der Waals surface area contributed by atoms with Crippen molar-refractivity contribution in [1.82, 2.24) is 4.98 Å². The van der Waals surface area contributed by atoms with Crippen molar-refractivity contribution in [2.24, 2.45) is 0 Å². The Labute approximate surface area is 180 Å². The SMILES string of the molecule is COc1ccc(OC)c(C(=O)N(CC2CCCO2)c2nc3c(C)ccc(C)c3s2)c1. The molecule has 1 aliphatic rings.